The van der Waals surface area contributed by atoms with Crippen LogP contribution in [-0.4, -0.2) is 64.9 Å². The molecule has 2 saturated heterocycles. The summed E-state index contributed by atoms with van der Waals surface area (Å²) in [7, 11) is 3.50. The number of para-hydroxylation sites is 1. The van der Waals surface area contributed by atoms with E-state index in [9.17, 15) is 0 Å². The van der Waals surface area contributed by atoms with Crippen molar-refractivity contribution in [2.75, 3.05) is 64.9 Å². The van der Waals surface area contributed by atoms with Crippen LogP contribution in [0.15, 0.2) is 48.5 Å². The van der Waals surface area contributed by atoms with Crippen molar-refractivity contribution in [1.29, 1.82) is 0 Å². The van der Waals surface area contributed by atoms with Crippen LogP contribution in [0.25, 0.3) is 0 Å². The summed E-state index contributed by atoms with van der Waals surface area (Å²) in [6.45, 7) is 7.59. The first kappa shape index (κ1) is 19.1. The Balaban J connectivity index is 1.36. The Kier molecular flexibility index (Phi) is 6.03. The topological polar surface area (TPSA) is 37.0 Å². The standard InChI is InChI=1S/C23H31N3O2/c1-27-20-7-5-6-19(14-20)26-12-10-25(11-13-26)17-18-15-24-16-22(18)21-8-3-4-9-23(21)28-2/h3-9,14,18,22,24H,10-13,15-17H2,1-2H3. The van der Waals surface area contributed by atoms with Gasteiger partial charge < -0.3 is 19.7 Å². The molecular formula is C23H31N3O2. The molecule has 4 rings (SSSR count). The van der Waals surface area contributed by atoms with Crippen molar-refractivity contribution in [3.63, 3.8) is 0 Å². The molecule has 2 unspecified atom stereocenters. The summed E-state index contributed by atoms with van der Waals surface area (Å²) in [6.07, 6.45) is 0. The van der Waals surface area contributed by atoms with Gasteiger partial charge in [-0.1, -0.05) is 24.3 Å². The lowest BCUT2D eigenvalue weighted by atomic mass is 9.87. The number of benzene rings is 2. The number of anilines is 1. The predicted octanol–water partition coefficient (Wildman–Crippen LogP) is 2.83. The molecule has 5 nitrogen and oxygen atoms in total. The summed E-state index contributed by atoms with van der Waals surface area (Å²) >= 11 is 0. The number of ether oxygens (including phenoxy) is 2. The summed E-state index contributed by atoms with van der Waals surface area (Å²) < 4.78 is 11.0. The molecular weight excluding hydrogens is 350 g/mol. The predicted molar refractivity (Wildman–Crippen MR) is 114 cm³/mol. The molecule has 2 aromatic carbocycles. The highest BCUT2D eigenvalue weighted by molar-refractivity contribution is 5.51. The van der Waals surface area contributed by atoms with E-state index in [1.165, 1.54) is 11.3 Å². The molecule has 0 aromatic heterocycles. The highest BCUT2D eigenvalue weighted by Gasteiger charge is 2.32. The second kappa shape index (κ2) is 8.84. The lowest BCUT2D eigenvalue weighted by molar-refractivity contribution is 0.216. The zero-order valence-electron chi connectivity index (χ0n) is 16.9. The Bertz CT molecular complexity index is 774. The monoisotopic (exact) mass is 381 g/mol. The van der Waals surface area contributed by atoms with Crippen LogP contribution >= 0.6 is 0 Å². The van der Waals surface area contributed by atoms with E-state index in [-0.39, 0.29) is 0 Å². The molecule has 0 radical (unpaired) electrons. The number of hydrogen-bond donors (Lipinski definition) is 1. The third-order valence-electron chi connectivity index (χ3n) is 6.16. The van der Waals surface area contributed by atoms with Crippen LogP contribution < -0.4 is 19.7 Å². The van der Waals surface area contributed by atoms with E-state index >= 15 is 0 Å². The number of nitrogens with zero attached hydrogens (tertiary/aromatic N) is 2. The van der Waals surface area contributed by atoms with Crippen LogP contribution in [0.1, 0.15) is 11.5 Å². The van der Waals surface area contributed by atoms with Gasteiger partial charge in [0.05, 0.1) is 14.2 Å². The molecule has 2 aliphatic rings. The van der Waals surface area contributed by atoms with E-state index in [1.807, 2.05) is 6.07 Å². The first-order valence-electron chi connectivity index (χ1n) is 10.2. The van der Waals surface area contributed by atoms with Crippen LogP contribution in [-0.2, 0) is 0 Å². The number of rotatable bonds is 6. The molecule has 0 amide bonds. The maximum atomic E-state index is 5.62. The van der Waals surface area contributed by atoms with Gasteiger partial charge in [0.15, 0.2) is 0 Å². The average Bonchev–Trinajstić information content (AvgIpc) is 3.22. The zero-order chi connectivity index (χ0) is 19.3. The van der Waals surface area contributed by atoms with Gasteiger partial charge in [-0.05, 0) is 36.2 Å². The molecule has 2 aliphatic heterocycles. The lowest BCUT2D eigenvalue weighted by Crippen LogP contribution is -2.48. The molecule has 2 atom stereocenters. The van der Waals surface area contributed by atoms with Crippen molar-refractivity contribution in [2.24, 2.45) is 5.92 Å². The van der Waals surface area contributed by atoms with E-state index in [0.717, 1.165) is 57.3 Å². The quantitative estimate of drug-likeness (QED) is 0.833. The maximum absolute atomic E-state index is 5.62. The summed E-state index contributed by atoms with van der Waals surface area (Å²) in [5.41, 5.74) is 2.60. The van der Waals surface area contributed by atoms with E-state index < -0.39 is 0 Å². The average molecular weight is 382 g/mol. The highest BCUT2D eigenvalue weighted by Crippen LogP contribution is 2.35. The molecule has 0 spiro atoms. The number of hydrogen-bond acceptors (Lipinski definition) is 5. The van der Waals surface area contributed by atoms with Crippen molar-refractivity contribution < 1.29 is 9.47 Å². The minimum atomic E-state index is 0.521. The molecule has 28 heavy (non-hydrogen) atoms. The van der Waals surface area contributed by atoms with Gasteiger partial charge in [-0.3, -0.25) is 4.90 Å². The second-order valence-electron chi connectivity index (χ2n) is 7.76. The van der Waals surface area contributed by atoms with E-state index in [2.05, 4.69) is 57.6 Å². The van der Waals surface area contributed by atoms with Gasteiger partial charge in [0.25, 0.3) is 0 Å². The van der Waals surface area contributed by atoms with Gasteiger partial charge in [-0.15, -0.1) is 0 Å². The van der Waals surface area contributed by atoms with Gasteiger partial charge in [0, 0.05) is 56.9 Å². The molecule has 0 aliphatic carbocycles. The zero-order valence-corrected chi connectivity index (χ0v) is 16.9. The smallest absolute Gasteiger partial charge is 0.122 e. The van der Waals surface area contributed by atoms with E-state index in [1.54, 1.807) is 14.2 Å². The summed E-state index contributed by atoms with van der Waals surface area (Å²) in [6, 6.07) is 16.9. The first-order valence-corrected chi connectivity index (χ1v) is 10.2. The normalized spacial score (nSPS) is 23.0. The Morgan fingerprint density at radius 2 is 1.75 bits per heavy atom. The number of methoxy groups -OCH3 is 2. The van der Waals surface area contributed by atoms with Gasteiger partial charge in [-0.2, -0.15) is 0 Å². The summed E-state index contributed by atoms with van der Waals surface area (Å²) in [5.74, 6) is 3.09. The number of piperazine rings is 1. The van der Waals surface area contributed by atoms with Gasteiger partial charge in [0.1, 0.15) is 11.5 Å². The summed E-state index contributed by atoms with van der Waals surface area (Å²) in [5, 5.41) is 3.60. The minimum Gasteiger partial charge on any atom is -0.497 e. The van der Waals surface area contributed by atoms with Crippen LogP contribution in [0.5, 0.6) is 11.5 Å². The van der Waals surface area contributed by atoms with Crippen LogP contribution in [0.2, 0.25) is 0 Å². The SMILES string of the molecule is COc1cccc(N2CCN(CC3CNCC3c3ccccc3OC)CC2)c1. The molecule has 0 bridgehead atoms. The van der Waals surface area contributed by atoms with Crippen molar-refractivity contribution in [1.82, 2.24) is 10.2 Å². The van der Waals surface area contributed by atoms with Gasteiger partial charge >= 0.3 is 0 Å². The molecule has 2 heterocycles. The Labute approximate surface area is 168 Å². The largest absolute Gasteiger partial charge is 0.497 e. The molecule has 0 saturated carbocycles. The van der Waals surface area contributed by atoms with Crippen molar-refractivity contribution in [3.8, 4) is 11.5 Å². The summed E-state index contributed by atoms with van der Waals surface area (Å²) in [4.78, 5) is 5.08. The molecule has 150 valence electrons. The second-order valence-corrected chi connectivity index (χ2v) is 7.76. The molecule has 2 aromatic rings. The van der Waals surface area contributed by atoms with Gasteiger partial charge in [0.2, 0.25) is 0 Å². The van der Waals surface area contributed by atoms with Crippen LogP contribution in [0.3, 0.4) is 0 Å². The van der Waals surface area contributed by atoms with Crippen molar-refractivity contribution >= 4 is 5.69 Å². The Morgan fingerprint density at radius 1 is 0.929 bits per heavy atom. The third-order valence-corrected chi connectivity index (χ3v) is 6.16. The number of nitrogens with one attached hydrogen (secondary N) is 1. The Hall–Kier alpha value is -2.24. The first-order chi connectivity index (χ1) is 13.8. The fourth-order valence-electron chi connectivity index (χ4n) is 4.59. The Morgan fingerprint density at radius 3 is 2.54 bits per heavy atom. The minimum absolute atomic E-state index is 0.521. The maximum Gasteiger partial charge on any atom is 0.122 e. The fraction of sp³-hybridized carbons (Fsp3) is 0.478. The van der Waals surface area contributed by atoms with Crippen molar-refractivity contribution in [3.05, 3.63) is 54.1 Å². The third kappa shape index (κ3) is 4.10. The highest BCUT2D eigenvalue weighted by atomic mass is 16.5. The van der Waals surface area contributed by atoms with E-state index in [4.69, 9.17) is 9.47 Å². The molecule has 2 fully saturated rings. The molecule has 5 heteroatoms. The fourth-order valence-corrected chi connectivity index (χ4v) is 4.59. The van der Waals surface area contributed by atoms with Crippen LogP contribution in [0, 0.1) is 5.92 Å². The van der Waals surface area contributed by atoms with Crippen molar-refractivity contribution in [2.45, 2.75) is 5.92 Å². The van der Waals surface area contributed by atoms with Gasteiger partial charge in [-0.25, -0.2) is 0 Å². The lowest BCUT2D eigenvalue weighted by Gasteiger charge is -2.38. The van der Waals surface area contributed by atoms with Crippen LogP contribution in [0.4, 0.5) is 5.69 Å². The van der Waals surface area contributed by atoms with E-state index in [0.29, 0.717) is 11.8 Å². The molecule has 1 N–H and O–H groups in total.